The van der Waals surface area contributed by atoms with E-state index in [0.29, 0.717) is 19.1 Å². The van der Waals surface area contributed by atoms with Crippen LogP contribution in [-0.2, 0) is 13.6 Å². The van der Waals surface area contributed by atoms with Crippen molar-refractivity contribution >= 4 is 11.9 Å². The van der Waals surface area contributed by atoms with Crippen LogP contribution in [0.3, 0.4) is 0 Å². The molecule has 1 saturated heterocycles. The second kappa shape index (κ2) is 8.04. The fraction of sp³-hybridized carbons (Fsp3) is 0.579. The number of hydrogen-bond acceptors (Lipinski definition) is 7. The standard InChI is InChI=1S/C19H28N6O2/c1-24-19(22-18(20)23-24)21-8-7-15-13-26-16-6-5-14(11-17(16)27-15)12-25-9-3-2-4-10-25/h5-6,11,15H,2-4,7-10,12-13H2,1H3,(H3,20,21,22,23). The molecular weight excluding hydrogens is 344 g/mol. The average molecular weight is 372 g/mol. The molecule has 146 valence electrons. The Labute approximate surface area is 159 Å². The van der Waals surface area contributed by atoms with Gasteiger partial charge in [-0.25, -0.2) is 4.68 Å². The summed E-state index contributed by atoms with van der Waals surface area (Å²) in [4.78, 5) is 6.65. The van der Waals surface area contributed by atoms with Gasteiger partial charge in [0.1, 0.15) is 12.7 Å². The predicted octanol–water partition coefficient (Wildman–Crippen LogP) is 2.03. The maximum atomic E-state index is 6.18. The van der Waals surface area contributed by atoms with Crippen molar-refractivity contribution in [1.82, 2.24) is 19.7 Å². The van der Waals surface area contributed by atoms with E-state index in [0.717, 1.165) is 24.5 Å². The molecule has 0 radical (unpaired) electrons. The van der Waals surface area contributed by atoms with Gasteiger partial charge in [-0.2, -0.15) is 4.98 Å². The van der Waals surface area contributed by atoms with Crippen LogP contribution in [0.4, 0.5) is 11.9 Å². The third-order valence-corrected chi connectivity index (χ3v) is 5.11. The number of nitrogens with two attached hydrogens (primary N) is 1. The lowest BCUT2D eigenvalue weighted by Crippen LogP contribution is -2.31. The second-order valence-corrected chi connectivity index (χ2v) is 7.30. The van der Waals surface area contributed by atoms with Crippen LogP contribution in [0.2, 0.25) is 0 Å². The van der Waals surface area contributed by atoms with Crippen LogP contribution in [0.15, 0.2) is 18.2 Å². The fourth-order valence-electron chi connectivity index (χ4n) is 3.68. The Morgan fingerprint density at radius 2 is 2.07 bits per heavy atom. The van der Waals surface area contributed by atoms with Crippen LogP contribution in [0.25, 0.3) is 0 Å². The quantitative estimate of drug-likeness (QED) is 0.802. The molecule has 4 rings (SSSR count). The summed E-state index contributed by atoms with van der Waals surface area (Å²) < 4.78 is 13.7. The van der Waals surface area contributed by atoms with E-state index in [2.05, 4.69) is 32.4 Å². The van der Waals surface area contributed by atoms with E-state index in [-0.39, 0.29) is 12.1 Å². The topological polar surface area (TPSA) is 90.5 Å². The molecule has 2 aromatic rings. The molecule has 8 nitrogen and oxygen atoms in total. The largest absolute Gasteiger partial charge is 0.486 e. The van der Waals surface area contributed by atoms with Crippen molar-refractivity contribution in [3.8, 4) is 11.5 Å². The zero-order chi connectivity index (χ0) is 18.6. The number of benzene rings is 1. The summed E-state index contributed by atoms with van der Waals surface area (Å²) in [5.41, 5.74) is 6.88. The smallest absolute Gasteiger partial charge is 0.241 e. The molecule has 1 unspecified atom stereocenters. The average Bonchev–Trinajstić information content (AvgIpc) is 2.99. The molecule has 2 aliphatic rings. The lowest BCUT2D eigenvalue weighted by molar-refractivity contribution is 0.0870. The minimum Gasteiger partial charge on any atom is -0.486 e. The number of likely N-dealkylation sites (tertiary alicyclic amines) is 1. The van der Waals surface area contributed by atoms with Crippen LogP contribution in [-0.4, -0.2) is 52.0 Å². The summed E-state index contributed by atoms with van der Waals surface area (Å²) in [5.74, 6) is 2.62. The summed E-state index contributed by atoms with van der Waals surface area (Å²) in [6, 6.07) is 6.31. The SMILES string of the molecule is Cn1nc(N)nc1NCCC1COc2ccc(CN3CCCCC3)cc2O1. The number of nitrogen functional groups attached to an aromatic ring is 1. The monoisotopic (exact) mass is 372 g/mol. The Hall–Kier alpha value is -2.48. The van der Waals surface area contributed by atoms with E-state index in [9.17, 15) is 0 Å². The van der Waals surface area contributed by atoms with Crippen molar-refractivity contribution in [3.63, 3.8) is 0 Å². The maximum absolute atomic E-state index is 6.18. The summed E-state index contributed by atoms with van der Waals surface area (Å²) in [5, 5.41) is 7.26. The van der Waals surface area contributed by atoms with Crippen molar-refractivity contribution < 1.29 is 9.47 Å². The molecule has 0 spiro atoms. The molecule has 0 amide bonds. The number of anilines is 2. The maximum Gasteiger partial charge on any atom is 0.241 e. The molecule has 0 saturated carbocycles. The number of hydrogen-bond donors (Lipinski definition) is 2. The molecule has 1 aromatic carbocycles. The van der Waals surface area contributed by atoms with Crippen molar-refractivity contribution in [2.24, 2.45) is 7.05 Å². The Kier molecular flexibility index (Phi) is 5.33. The van der Waals surface area contributed by atoms with E-state index < -0.39 is 0 Å². The predicted molar refractivity (Wildman–Crippen MR) is 104 cm³/mol. The van der Waals surface area contributed by atoms with E-state index in [1.165, 1.54) is 37.9 Å². The van der Waals surface area contributed by atoms with Gasteiger partial charge in [0.15, 0.2) is 11.5 Å². The third-order valence-electron chi connectivity index (χ3n) is 5.11. The molecule has 0 aliphatic carbocycles. The van der Waals surface area contributed by atoms with Gasteiger partial charge < -0.3 is 20.5 Å². The van der Waals surface area contributed by atoms with E-state index in [4.69, 9.17) is 15.2 Å². The number of fused-ring (bicyclic) bond motifs is 1. The van der Waals surface area contributed by atoms with Crippen LogP contribution in [0, 0.1) is 0 Å². The highest BCUT2D eigenvalue weighted by molar-refractivity contribution is 5.44. The fourth-order valence-corrected chi connectivity index (χ4v) is 3.68. The first-order valence-corrected chi connectivity index (χ1v) is 9.72. The Balaban J connectivity index is 1.31. The van der Waals surface area contributed by atoms with Gasteiger partial charge in [0, 0.05) is 26.6 Å². The molecular formula is C19H28N6O2. The van der Waals surface area contributed by atoms with E-state index in [1.54, 1.807) is 4.68 Å². The molecule has 27 heavy (non-hydrogen) atoms. The zero-order valence-electron chi connectivity index (χ0n) is 15.9. The molecule has 0 bridgehead atoms. The lowest BCUT2D eigenvalue weighted by atomic mass is 10.1. The van der Waals surface area contributed by atoms with Gasteiger partial charge in [0.2, 0.25) is 11.9 Å². The minimum atomic E-state index is 0.0146. The highest BCUT2D eigenvalue weighted by Gasteiger charge is 2.22. The number of piperidine rings is 1. The van der Waals surface area contributed by atoms with Crippen molar-refractivity contribution in [3.05, 3.63) is 23.8 Å². The molecule has 8 heteroatoms. The molecule has 3 N–H and O–H groups in total. The van der Waals surface area contributed by atoms with Gasteiger partial charge in [-0.05, 0) is 43.6 Å². The second-order valence-electron chi connectivity index (χ2n) is 7.30. The first kappa shape index (κ1) is 17.9. The number of rotatable bonds is 6. The molecule has 1 atom stereocenters. The highest BCUT2D eigenvalue weighted by Crippen LogP contribution is 2.33. The number of nitrogens with one attached hydrogen (secondary N) is 1. The van der Waals surface area contributed by atoms with Gasteiger partial charge in [-0.15, -0.1) is 5.10 Å². The summed E-state index contributed by atoms with van der Waals surface area (Å²) >= 11 is 0. The lowest BCUT2D eigenvalue weighted by Gasteiger charge is -2.29. The first-order valence-electron chi connectivity index (χ1n) is 9.72. The van der Waals surface area contributed by atoms with Gasteiger partial charge in [0.05, 0.1) is 0 Å². The van der Waals surface area contributed by atoms with E-state index in [1.807, 2.05) is 13.1 Å². The number of aromatic nitrogens is 3. The Morgan fingerprint density at radius 1 is 1.22 bits per heavy atom. The van der Waals surface area contributed by atoms with Crippen molar-refractivity contribution in [2.45, 2.75) is 38.3 Å². The van der Waals surface area contributed by atoms with Crippen LogP contribution in [0.1, 0.15) is 31.2 Å². The third kappa shape index (κ3) is 4.44. The Bertz CT molecular complexity index is 772. The summed E-state index contributed by atoms with van der Waals surface area (Å²) in [6.07, 6.45) is 4.78. The molecule has 2 aliphatic heterocycles. The van der Waals surface area contributed by atoms with Crippen LogP contribution >= 0.6 is 0 Å². The van der Waals surface area contributed by atoms with Crippen molar-refractivity contribution in [2.75, 3.05) is 37.3 Å². The van der Waals surface area contributed by atoms with Crippen LogP contribution in [0.5, 0.6) is 11.5 Å². The molecule has 1 fully saturated rings. The van der Waals surface area contributed by atoms with Gasteiger partial charge in [0.25, 0.3) is 0 Å². The Morgan fingerprint density at radius 3 is 2.85 bits per heavy atom. The number of aryl methyl sites for hydroxylation is 1. The summed E-state index contributed by atoms with van der Waals surface area (Å²) in [7, 11) is 1.81. The highest BCUT2D eigenvalue weighted by atomic mass is 16.6. The van der Waals surface area contributed by atoms with Gasteiger partial charge in [-0.1, -0.05) is 12.5 Å². The van der Waals surface area contributed by atoms with Crippen molar-refractivity contribution in [1.29, 1.82) is 0 Å². The normalized spacial score (nSPS) is 19.8. The molecule has 3 heterocycles. The van der Waals surface area contributed by atoms with Gasteiger partial charge in [-0.3, -0.25) is 4.90 Å². The zero-order valence-corrected chi connectivity index (χ0v) is 15.9. The summed E-state index contributed by atoms with van der Waals surface area (Å²) in [6.45, 7) is 4.63. The number of ether oxygens (including phenoxy) is 2. The first-order chi connectivity index (χ1) is 13.2. The van der Waals surface area contributed by atoms with Gasteiger partial charge >= 0.3 is 0 Å². The van der Waals surface area contributed by atoms with E-state index >= 15 is 0 Å². The number of nitrogens with zero attached hydrogens (tertiary/aromatic N) is 4. The minimum absolute atomic E-state index is 0.0146. The van der Waals surface area contributed by atoms with Crippen LogP contribution < -0.4 is 20.5 Å². The molecule has 1 aromatic heterocycles.